The van der Waals surface area contributed by atoms with Crippen LogP contribution in [0.1, 0.15) is 36.1 Å². The number of aromatic hydroxyl groups is 1. The Hall–Kier alpha value is -4.27. The fraction of sp³-hybridized carbons (Fsp3) is 0.208. The van der Waals surface area contributed by atoms with Gasteiger partial charge in [0, 0.05) is 23.5 Å². The van der Waals surface area contributed by atoms with Gasteiger partial charge in [-0.1, -0.05) is 36.4 Å². The van der Waals surface area contributed by atoms with Crippen molar-refractivity contribution in [2.75, 3.05) is 11.9 Å². The van der Waals surface area contributed by atoms with E-state index in [1.165, 1.54) is 4.68 Å². The predicted octanol–water partition coefficient (Wildman–Crippen LogP) is 3.61. The molecule has 2 aromatic carbocycles. The lowest BCUT2D eigenvalue weighted by atomic mass is 9.85. The highest BCUT2D eigenvalue weighted by atomic mass is 16.5. The first-order valence-corrected chi connectivity index (χ1v) is 10.7. The van der Waals surface area contributed by atoms with Crippen LogP contribution in [0.2, 0.25) is 0 Å². The van der Waals surface area contributed by atoms with Gasteiger partial charge in [0.05, 0.1) is 24.2 Å². The Morgan fingerprint density at radius 2 is 2.03 bits per heavy atom. The molecule has 1 aliphatic rings. The maximum absolute atomic E-state index is 12.7. The molecule has 2 aromatic heterocycles. The first-order valence-electron chi connectivity index (χ1n) is 10.7. The van der Waals surface area contributed by atoms with E-state index in [-0.39, 0.29) is 29.9 Å². The Balaban J connectivity index is 1.60. The number of phenols is 1. The van der Waals surface area contributed by atoms with Crippen LogP contribution in [0, 0.1) is 6.92 Å². The highest BCUT2D eigenvalue weighted by molar-refractivity contribution is 5.95. The number of fused-ring (bicyclic) bond motifs is 1. The van der Waals surface area contributed by atoms with Crippen LogP contribution in [-0.2, 0) is 4.79 Å². The average molecular weight is 442 g/mol. The van der Waals surface area contributed by atoms with Gasteiger partial charge in [0.1, 0.15) is 5.82 Å². The minimum absolute atomic E-state index is 0.0608. The Labute approximate surface area is 190 Å². The number of hydrogen-bond acceptors (Lipinski definition) is 7. The van der Waals surface area contributed by atoms with Gasteiger partial charge in [-0.25, -0.2) is 4.98 Å². The second-order valence-electron chi connectivity index (χ2n) is 7.73. The summed E-state index contributed by atoms with van der Waals surface area (Å²) < 4.78 is 7.07. The monoisotopic (exact) mass is 442 g/mol. The number of phenolic OH excluding ortho intramolecular Hbond substituents is 1. The van der Waals surface area contributed by atoms with E-state index in [9.17, 15) is 9.90 Å². The largest absolute Gasteiger partial charge is 0.504 e. The third-order valence-electron chi connectivity index (χ3n) is 5.60. The normalized spacial score (nSPS) is 15.1. The van der Waals surface area contributed by atoms with Gasteiger partial charge >= 0.3 is 0 Å². The van der Waals surface area contributed by atoms with Gasteiger partial charge in [-0.15, -0.1) is 5.10 Å². The Kier molecular flexibility index (Phi) is 5.21. The molecule has 1 aliphatic heterocycles. The number of amides is 1. The van der Waals surface area contributed by atoms with Gasteiger partial charge < -0.3 is 15.2 Å². The molecular formula is C24H22N6O3. The number of nitrogens with one attached hydrogen (secondary N) is 1. The topological polar surface area (TPSA) is 115 Å². The second-order valence-corrected chi connectivity index (χ2v) is 7.73. The van der Waals surface area contributed by atoms with Gasteiger partial charge in [-0.3, -0.25) is 4.79 Å². The number of rotatable bonds is 5. The number of aromatic nitrogens is 5. The fourth-order valence-electron chi connectivity index (χ4n) is 4.13. The van der Waals surface area contributed by atoms with Crippen LogP contribution in [0.4, 0.5) is 5.82 Å². The molecule has 5 rings (SSSR count). The van der Waals surface area contributed by atoms with E-state index in [0.29, 0.717) is 23.9 Å². The molecule has 2 N–H and O–H groups in total. The molecule has 0 aliphatic carbocycles. The highest BCUT2D eigenvalue weighted by Gasteiger charge is 2.33. The summed E-state index contributed by atoms with van der Waals surface area (Å²) in [4.78, 5) is 17.3. The number of aryl methyl sites for hydroxylation is 1. The first kappa shape index (κ1) is 20.6. The zero-order valence-corrected chi connectivity index (χ0v) is 18.2. The number of nitrogens with zero attached hydrogens (tertiary/aromatic N) is 5. The van der Waals surface area contributed by atoms with E-state index < -0.39 is 0 Å². The predicted molar refractivity (Wildman–Crippen MR) is 121 cm³/mol. The lowest BCUT2D eigenvalue weighted by molar-refractivity contribution is -0.116. The molecule has 3 heterocycles. The van der Waals surface area contributed by atoms with Gasteiger partial charge in [0.25, 0.3) is 5.95 Å². The summed E-state index contributed by atoms with van der Waals surface area (Å²) in [6.07, 6.45) is 1.84. The lowest BCUT2D eigenvalue weighted by Gasteiger charge is -2.24. The van der Waals surface area contributed by atoms with Crippen molar-refractivity contribution in [3.63, 3.8) is 0 Å². The molecule has 0 spiro atoms. The molecule has 0 saturated carbocycles. The molecule has 0 fully saturated rings. The maximum Gasteiger partial charge on any atom is 0.272 e. The number of anilines is 1. The van der Waals surface area contributed by atoms with E-state index in [1.54, 1.807) is 24.4 Å². The third kappa shape index (κ3) is 3.78. The van der Waals surface area contributed by atoms with E-state index in [2.05, 4.69) is 25.6 Å². The molecule has 1 amide bonds. The van der Waals surface area contributed by atoms with E-state index in [0.717, 1.165) is 22.4 Å². The standard InChI is InChI=1S/C24H22N6O3/c1-3-33-20-11-16(9-10-19(20)31)17-12-21(32)27-23-22(17)14(2)29-30(23)24-26-18(13-25-28-24)15-7-5-4-6-8-15/h4-11,13,17,31H,3,12H2,1-2H3,(H,27,32)/t17-/m0/s1. The van der Waals surface area contributed by atoms with Crippen LogP contribution in [0.25, 0.3) is 17.2 Å². The SMILES string of the molecule is CCOc1cc([C@@H]2CC(=O)Nc3c2c(C)nn3-c2nncc(-c3ccccc3)n2)ccc1O. The molecular weight excluding hydrogens is 420 g/mol. The Morgan fingerprint density at radius 1 is 1.21 bits per heavy atom. The third-order valence-corrected chi connectivity index (χ3v) is 5.60. The van der Waals surface area contributed by atoms with E-state index >= 15 is 0 Å². The molecule has 0 radical (unpaired) electrons. The minimum Gasteiger partial charge on any atom is -0.504 e. The van der Waals surface area contributed by atoms with Crippen molar-refractivity contribution in [1.82, 2.24) is 25.0 Å². The number of ether oxygens (including phenoxy) is 1. The average Bonchev–Trinajstić information content (AvgIpc) is 3.17. The van der Waals surface area contributed by atoms with Crippen LogP contribution in [0.5, 0.6) is 11.5 Å². The molecule has 166 valence electrons. The zero-order valence-electron chi connectivity index (χ0n) is 18.2. The number of carbonyl (C=O) groups excluding carboxylic acids is 1. The highest BCUT2D eigenvalue weighted by Crippen LogP contribution is 2.42. The van der Waals surface area contributed by atoms with Gasteiger partial charge in [0.2, 0.25) is 5.91 Å². The summed E-state index contributed by atoms with van der Waals surface area (Å²) in [7, 11) is 0. The molecule has 0 saturated heterocycles. The first-order chi connectivity index (χ1) is 16.0. The maximum atomic E-state index is 12.7. The molecule has 1 atom stereocenters. The summed E-state index contributed by atoms with van der Waals surface area (Å²) in [5.74, 6) is 0.829. The molecule has 33 heavy (non-hydrogen) atoms. The smallest absolute Gasteiger partial charge is 0.272 e. The fourth-order valence-corrected chi connectivity index (χ4v) is 4.13. The second kappa shape index (κ2) is 8.34. The minimum atomic E-state index is -0.257. The van der Waals surface area contributed by atoms with Crippen LogP contribution in [0.15, 0.2) is 54.7 Å². The van der Waals surface area contributed by atoms with E-state index in [4.69, 9.17) is 4.74 Å². The van der Waals surface area contributed by atoms with Crippen molar-refractivity contribution in [3.05, 3.63) is 71.5 Å². The number of hydrogen-bond donors (Lipinski definition) is 2. The summed E-state index contributed by atoms with van der Waals surface area (Å²) in [5, 5.41) is 25.9. The summed E-state index contributed by atoms with van der Waals surface area (Å²) >= 11 is 0. The van der Waals surface area contributed by atoms with E-state index in [1.807, 2.05) is 44.2 Å². The van der Waals surface area contributed by atoms with Crippen molar-refractivity contribution in [2.24, 2.45) is 0 Å². The van der Waals surface area contributed by atoms with Crippen molar-refractivity contribution in [3.8, 4) is 28.7 Å². The van der Waals surface area contributed by atoms with Crippen molar-refractivity contribution in [1.29, 1.82) is 0 Å². The van der Waals surface area contributed by atoms with Crippen LogP contribution in [-0.4, -0.2) is 42.6 Å². The van der Waals surface area contributed by atoms with Crippen LogP contribution in [0.3, 0.4) is 0 Å². The van der Waals surface area contributed by atoms with Gasteiger partial charge in [-0.05, 0) is 31.5 Å². The summed E-state index contributed by atoms with van der Waals surface area (Å²) in [5.41, 5.74) is 4.03. The number of benzene rings is 2. The quantitative estimate of drug-likeness (QED) is 0.485. The lowest BCUT2D eigenvalue weighted by Crippen LogP contribution is -2.25. The number of carbonyl (C=O) groups is 1. The van der Waals surface area contributed by atoms with Crippen molar-refractivity contribution in [2.45, 2.75) is 26.2 Å². The van der Waals surface area contributed by atoms with Gasteiger partial charge in [0.15, 0.2) is 11.5 Å². The summed E-state index contributed by atoms with van der Waals surface area (Å²) in [6.45, 7) is 4.16. The van der Waals surface area contributed by atoms with Crippen molar-refractivity contribution < 1.29 is 14.6 Å². The molecule has 9 heteroatoms. The van der Waals surface area contributed by atoms with Gasteiger partial charge in [-0.2, -0.15) is 14.9 Å². The summed E-state index contributed by atoms with van der Waals surface area (Å²) in [6, 6.07) is 14.8. The Morgan fingerprint density at radius 3 is 2.82 bits per heavy atom. The van der Waals surface area contributed by atoms with Crippen molar-refractivity contribution >= 4 is 11.7 Å². The molecule has 4 aromatic rings. The zero-order chi connectivity index (χ0) is 22.9. The van der Waals surface area contributed by atoms with Crippen LogP contribution < -0.4 is 10.1 Å². The molecule has 0 bridgehead atoms. The Bertz CT molecular complexity index is 1340. The van der Waals surface area contributed by atoms with Crippen LogP contribution >= 0.6 is 0 Å². The molecule has 0 unspecified atom stereocenters. The molecule has 9 nitrogen and oxygen atoms in total.